The Balaban J connectivity index is 1.83. The molecule has 7 heteroatoms. The zero-order chi connectivity index (χ0) is 19.8. The summed E-state index contributed by atoms with van der Waals surface area (Å²) in [4.78, 5) is 31.2. The summed E-state index contributed by atoms with van der Waals surface area (Å²) in [7, 11) is 0. The number of allylic oxidation sites excluding steroid dienone is 1. The molecule has 0 amide bonds. The third kappa shape index (κ3) is 3.07. The lowest BCUT2D eigenvalue weighted by atomic mass is 10.0. The third-order valence-electron chi connectivity index (χ3n) is 4.62. The van der Waals surface area contributed by atoms with E-state index in [1.165, 1.54) is 30.3 Å². The largest absolute Gasteiger partial charge is 0.494 e. The number of aromatic nitrogens is 2. The molecule has 0 atom stereocenters. The van der Waals surface area contributed by atoms with Gasteiger partial charge in [0, 0.05) is 16.8 Å². The van der Waals surface area contributed by atoms with E-state index in [9.17, 15) is 19.1 Å². The molecule has 1 aliphatic heterocycles. The molecule has 0 bridgehead atoms. The predicted molar refractivity (Wildman–Crippen MR) is 106 cm³/mol. The Hall–Kier alpha value is -3.74. The molecule has 0 fully saturated rings. The molecule has 4 rings (SSSR count). The molecule has 6 nitrogen and oxygen atoms in total. The lowest BCUT2D eigenvalue weighted by molar-refractivity contribution is 0.408. The summed E-state index contributed by atoms with van der Waals surface area (Å²) in [6.45, 7) is 1.80. The van der Waals surface area contributed by atoms with Crippen molar-refractivity contribution in [3.63, 3.8) is 0 Å². The van der Waals surface area contributed by atoms with Crippen LogP contribution in [0.4, 0.5) is 10.1 Å². The molecule has 0 aliphatic carbocycles. The molecule has 2 aromatic carbocycles. The molecular formula is C21H16FN3O3. The van der Waals surface area contributed by atoms with Gasteiger partial charge in [0.1, 0.15) is 11.4 Å². The number of benzene rings is 2. The quantitative estimate of drug-likeness (QED) is 0.735. The van der Waals surface area contributed by atoms with Crippen molar-refractivity contribution in [2.75, 3.05) is 0 Å². The number of nitrogens with one attached hydrogen (secondary N) is 1. The maximum atomic E-state index is 13.1. The van der Waals surface area contributed by atoms with Gasteiger partial charge in [-0.05, 0) is 36.8 Å². The highest BCUT2D eigenvalue weighted by atomic mass is 19.1. The molecule has 2 heterocycles. The minimum absolute atomic E-state index is 0.0123. The first kappa shape index (κ1) is 17.7. The Kier molecular flexibility index (Phi) is 4.27. The van der Waals surface area contributed by atoms with Crippen LogP contribution in [-0.4, -0.2) is 20.4 Å². The van der Waals surface area contributed by atoms with E-state index in [1.54, 1.807) is 0 Å². The standard InChI is InChI=1S/C21H16FN3O3/c1-12-16(15-4-2-3-5-18(15)23-12)10-17-19(26)24-21(28)25(20(17)27)11-13-6-8-14(22)9-7-13/h2-10,27H,11H2,1H3,(H,24,26,28)/b16-10+. The van der Waals surface area contributed by atoms with Gasteiger partial charge in [-0.25, -0.2) is 9.18 Å². The van der Waals surface area contributed by atoms with E-state index in [-0.39, 0.29) is 12.1 Å². The average Bonchev–Trinajstić information content (AvgIpc) is 2.99. The van der Waals surface area contributed by atoms with Crippen LogP contribution in [0.25, 0.3) is 11.6 Å². The Morgan fingerprint density at radius 3 is 2.61 bits per heavy atom. The monoisotopic (exact) mass is 377 g/mol. The highest BCUT2D eigenvalue weighted by molar-refractivity contribution is 6.31. The second kappa shape index (κ2) is 6.77. The van der Waals surface area contributed by atoms with E-state index >= 15 is 0 Å². The zero-order valence-electron chi connectivity index (χ0n) is 14.9. The summed E-state index contributed by atoms with van der Waals surface area (Å²) in [5.74, 6) is -0.857. The molecule has 3 aromatic rings. The Morgan fingerprint density at radius 1 is 1.14 bits per heavy atom. The van der Waals surface area contributed by atoms with Crippen molar-refractivity contribution in [1.29, 1.82) is 0 Å². The fraction of sp³-hybridized carbons (Fsp3) is 0.0952. The lowest BCUT2D eigenvalue weighted by Gasteiger charge is -2.11. The molecule has 0 radical (unpaired) electrons. The number of hydrogen-bond acceptors (Lipinski definition) is 4. The van der Waals surface area contributed by atoms with Gasteiger partial charge in [-0.2, -0.15) is 0 Å². The average molecular weight is 377 g/mol. The molecule has 0 unspecified atom stereocenters. The van der Waals surface area contributed by atoms with E-state index in [0.717, 1.165) is 15.8 Å². The number of hydrogen-bond donors (Lipinski definition) is 2. The second-order valence-electron chi connectivity index (χ2n) is 6.48. The summed E-state index contributed by atoms with van der Waals surface area (Å²) in [6, 6.07) is 13.0. The topological polar surface area (TPSA) is 87.4 Å². The lowest BCUT2D eigenvalue weighted by Crippen LogP contribution is -2.31. The fourth-order valence-corrected chi connectivity index (χ4v) is 3.19. The minimum Gasteiger partial charge on any atom is -0.494 e. The van der Waals surface area contributed by atoms with Gasteiger partial charge in [0.15, 0.2) is 0 Å². The van der Waals surface area contributed by atoms with Crippen LogP contribution in [0.1, 0.15) is 23.6 Å². The van der Waals surface area contributed by atoms with Gasteiger partial charge in [0.2, 0.25) is 5.88 Å². The molecule has 0 saturated carbocycles. The van der Waals surface area contributed by atoms with Crippen molar-refractivity contribution in [2.24, 2.45) is 4.99 Å². The Bertz CT molecular complexity index is 1250. The van der Waals surface area contributed by atoms with Crippen LogP contribution in [0.5, 0.6) is 5.88 Å². The number of aromatic hydroxyl groups is 1. The SMILES string of the molecule is CC1=Nc2ccccc2/C1=C/c1c(O)n(Cc2ccc(F)cc2)c(=O)[nH]c1=O. The summed E-state index contributed by atoms with van der Waals surface area (Å²) in [6.07, 6.45) is 1.53. The maximum absolute atomic E-state index is 13.1. The van der Waals surface area contributed by atoms with Gasteiger partial charge in [-0.1, -0.05) is 30.3 Å². The highest BCUT2D eigenvalue weighted by Crippen LogP contribution is 2.35. The maximum Gasteiger partial charge on any atom is 0.331 e. The van der Waals surface area contributed by atoms with E-state index in [2.05, 4.69) is 9.98 Å². The molecule has 140 valence electrons. The zero-order valence-corrected chi connectivity index (χ0v) is 14.9. The molecule has 1 aliphatic rings. The van der Waals surface area contributed by atoms with Gasteiger partial charge >= 0.3 is 5.69 Å². The Labute approximate surface area is 159 Å². The smallest absolute Gasteiger partial charge is 0.331 e. The van der Waals surface area contributed by atoms with Crippen molar-refractivity contribution in [3.05, 3.63) is 91.9 Å². The molecule has 0 spiro atoms. The van der Waals surface area contributed by atoms with Crippen molar-refractivity contribution in [3.8, 4) is 5.88 Å². The number of fused-ring (bicyclic) bond motifs is 1. The van der Waals surface area contributed by atoms with Crippen molar-refractivity contribution in [2.45, 2.75) is 13.5 Å². The Morgan fingerprint density at radius 2 is 1.86 bits per heavy atom. The highest BCUT2D eigenvalue weighted by Gasteiger charge is 2.20. The van der Waals surface area contributed by atoms with Crippen LogP contribution >= 0.6 is 0 Å². The number of H-pyrrole nitrogens is 1. The van der Waals surface area contributed by atoms with Crippen molar-refractivity contribution in [1.82, 2.24) is 9.55 Å². The summed E-state index contributed by atoms with van der Waals surface area (Å²) >= 11 is 0. The van der Waals surface area contributed by atoms with Gasteiger partial charge in [0.05, 0.1) is 12.2 Å². The number of aliphatic imine (C=N–C) groups is 1. The van der Waals surface area contributed by atoms with Crippen LogP contribution in [-0.2, 0) is 6.54 Å². The molecule has 1 aromatic heterocycles. The summed E-state index contributed by atoms with van der Waals surface area (Å²) in [5, 5.41) is 10.6. The second-order valence-corrected chi connectivity index (χ2v) is 6.48. The molecule has 2 N–H and O–H groups in total. The summed E-state index contributed by atoms with van der Waals surface area (Å²) < 4.78 is 14.1. The van der Waals surface area contributed by atoms with Crippen LogP contribution in [0.15, 0.2) is 63.1 Å². The minimum atomic E-state index is -0.744. The van der Waals surface area contributed by atoms with Gasteiger partial charge in [0.25, 0.3) is 5.56 Å². The van der Waals surface area contributed by atoms with Gasteiger partial charge in [-0.3, -0.25) is 19.3 Å². The first-order valence-electron chi connectivity index (χ1n) is 8.61. The van der Waals surface area contributed by atoms with Gasteiger partial charge in [-0.15, -0.1) is 0 Å². The van der Waals surface area contributed by atoms with E-state index in [0.29, 0.717) is 16.8 Å². The first-order valence-corrected chi connectivity index (χ1v) is 8.61. The van der Waals surface area contributed by atoms with E-state index in [1.807, 2.05) is 31.2 Å². The van der Waals surface area contributed by atoms with Crippen molar-refractivity contribution < 1.29 is 9.50 Å². The predicted octanol–water partition coefficient (Wildman–Crippen LogP) is 3.08. The van der Waals surface area contributed by atoms with E-state index in [4.69, 9.17) is 0 Å². The first-order chi connectivity index (χ1) is 13.4. The normalized spacial score (nSPS) is 14.2. The van der Waals surface area contributed by atoms with Crippen LogP contribution in [0, 0.1) is 5.82 Å². The fourth-order valence-electron chi connectivity index (χ4n) is 3.19. The third-order valence-corrected chi connectivity index (χ3v) is 4.62. The number of nitrogens with zero attached hydrogens (tertiary/aromatic N) is 2. The van der Waals surface area contributed by atoms with Crippen molar-refractivity contribution >= 4 is 23.0 Å². The van der Waals surface area contributed by atoms with E-state index < -0.39 is 22.9 Å². The van der Waals surface area contributed by atoms with Crippen LogP contribution in [0.2, 0.25) is 0 Å². The number of rotatable bonds is 3. The van der Waals surface area contributed by atoms with Gasteiger partial charge < -0.3 is 5.11 Å². The van der Waals surface area contributed by atoms with Crippen LogP contribution in [0.3, 0.4) is 0 Å². The molecular weight excluding hydrogens is 361 g/mol. The molecule has 28 heavy (non-hydrogen) atoms. The number of aromatic amines is 1. The molecule has 0 saturated heterocycles. The number of para-hydroxylation sites is 1. The summed E-state index contributed by atoms with van der Waals surface area (Å²) in [5.41, 5.74) is 2.15. The van der Waals surface area contributed by atoms with Crippen LogP contribution < -0.4 is 11.2 Å². The number of halogens is 1.